The van der Waals surface area contributed by atoms with Gasteiger partial charge >= 0.3 is 0 Å². The molecule has 13 nitrogen and oxygen atoms in total. The molecule has 15 heteroatoms. The second-order valence-electron chi connectivity index (χ2n) is 12.8. The molecular formula is C32H45F2N7O6. The molecule has 3 unspecified atom stereocenters. The molecule has 1 saturated carbocycles. The zero-order chi connectivity index (χ0) is 35.0. The molecular weight excluding hydrogens is 616 g/mol. The molecule has 2 heterocycles. The summed E-state index contributed by atoms with van der Waals surface area (Å²) in [6.45, 7) is 10.5. The minimum Gasteiger partial charge on any atom is -0.347 e. The van der Waals surface area contributed by atoms with Crippen LogP contribution in [0.15, 0.2) is 30.4 Å². The van der Waals surface area contributed by atoms with E-state index >= 15 is 0 Å². The first-order valence-corrected chi connectivity index (χ1v) is 16.0. The Balaban J connectivity index is 1.84. The Morgan fingerprint density at radius 2 is 1.64 bits per heavy atom. The van der Waals surface area contributed by atoms with Gasteiger partial charge in [0.1, 0.15) is 23.8 Å². The summed E-state index contributed by atoms with van der Waals surface area (Å²) >= 11 is 0. The van der Waals surface area contributed by atoms with Crippen molar-refractivity contribution in [1.82, 2.24) is 36.1 Å². The number of ketones is 1. The third kappa shape index (κ3) is 9.38. The lowest BCUT2D eigenvalue weighted by Gasteiger charge is -2.33. The number of fused-ring (bicyclic) bond motifs is 1. The predicted molar refractivity (Wildman–Crippen MR) is 166 cm³/mol. The van der Waals surface area contributed by atoms with Gasteiger partial charge in [-0.05, 0) is 49.9 Å². The van der Waals surface area contributed by atoms with Crippen LogP contribution in [0.4, 0.5) is 8.78 Å². The summed E-state index contributed by atoms with van der Waals surface area (Å²) in [5, 5.41) is 10.0. The van der Waals surface area contributed by atoms with E-state index in [0.29, 0.717) is 12.8 Å². The molecule has 1 saturated heterocycles. The smallest absolute Gasteiger partial charge is 0.294 e. The minimum absolute atomic E-state index is 0.0102. The largest absolute Gasteiger partial charge is 0.347 e. The summed E-state index contributed by atoms with van der Waals surface area (Å²) in [5.74, 6) is -6.33. The normalized spacial score (nSPS) is 21.2. The van der Waals surface area contributed by atoms with Gasteiger partial charge in [0.15, 0.2) is 0 Å². The lowest BCUT2D eigenvalue weighted by Crippen LogP contribution is -2.59. The fraction of sp³-hybridized carbons (Fsp3) is 0.625. The summed E-state index contributed by atoms with van der Waals surface area (Å²) in [4.78, 5) is 88.6. The Bertz CT molecular complexity index is 1360. The second-order valence-corrected chi connectivity index (χ2v) is 12.8. The third-order valence-electron chi connectivity index (χ3n) is 8.70. The Morgan fingerprint density at radius 3 is 2.21 bits per heavy atom. The number of alkyl halides is 2. The Morgan fingerprint density at radius 1 is 0.957 bits per heavy atom. The van der Waals surface area contributed by atoms with E-state index in [0.717, 1.165) is 12.8 Å². The van der Waals surface area contributed by atoms with E-state index in [1.54, 1.807) is 41.5 Å². The molecule has 0 bridgehead atoms. The molecule has 0 radical (unpaired) electrons. The first-order valence-electron chi connectivity index (χ1n) is 16.0. The van der Waals surface area contributed by atoms with Crippen molar-refractivity contribution >= 4 is 35.3 Å². The molecule has 6 atom stereocenters. The number of likely N-dealkylation sites (tertiary alicyclic amines) is 1. The first kappa shape index (κ1) is 37.2. The highest BCUT2D eigenvalue weighted by molar-refractivity contribution is 6.43. The number of carbonyl (C=O) groups excluding carboxylic acids is 6. The molecule has 5 amide bonds. The monoisotopic (exact) mass is 661 g/mol. The number of hydrogen-bond donors (Lipinski definition) is 4. The van der Waals surface area contributed by atoms with Crippen LogP contribution in [0.3, 0.4) is 0 Å². The highest BCUT2D eigenvalue weighted by Gasteiger charge is 2.51. The van der Waals surface area contributed by atoms with Crippen LogP contribution in [-0.4, -0.2) is 87.3 Å². The number of aromatic nitrogens is 2. The summed E-state index contributed by atoms with van der Waals surface area (Å²) < 4.78 is 26.9. The van der Waals surface area contributed by atoms with E-state index in [-0.39, 0.29) is 36.1 Å². The van der Waals surface area contributed by atoms with E-state index in [1.165, 1.54) is 23.5 Å². The zero-order valence-corrected chi connectivity index (χ0v) is 27.6. The molecule has 258 valence electrons. The van der Waals surface area contributed by atoms with Gasteiger partial charge in [-0.1, -0.05) is 41.0 Å². The highest BCUT2D eigenvalue weighted by atomic mass is 19.3. The van der Waals surface area contributed by atoms with E-state index in [2.05, 4.69) is 31.2 Å². The van der Waals surface area contributed by atoms with Gasteiger partial charge in [0.05, 0.1) is 11.9 Å². The fourth-order valence-electron chi connectivity index (χ4n) is 5.99. The van der Waals surface area contributed by atoms with E-state index in [1.807, 2.05) is 0 Å². The summed E-state index contributed by atoms with van der Waals surface area (Å²) in [6.07, 6.45) is 3.67. The molecule has 1 aliphatic heterocycles. The molecule has 3 rings (SSSR count). The van der Waals surface area contributed by atoms with Crippen molar-refractivity contribution < 1.29 is 37.5 Å². The summed E-state index contributed by atoms with van der Waals surface area (Å²) in [5.41, 5.74) is -0.858. The number of Topliss-reactive ketones (excluding diaryl/α,β-unsaturated/α-hetero) is 1. The number of hydrogen-bond acceptors (Lipinski definition) is 8. The average molecular weight is 662 g/mol. The Labute approximate surface area is 273 Å². The number of allylic oxidation sites excluding steroid dienone is 1. The van der Waals surface area contributed by atoms with Crippen LogP contribution < -0.4 is 21.3 Å². The van der Waals surface area contributed by atoms with Gasteiger partial charge in [-0.2, -0.15) is 0 Å². The van der Waals surface area contributed by atoms with Crippen molar-refractivity contribution in [2.45, 2.75) is 97.8 Å². The Hall–Kier alpha value is -4.30. The van der Waals surface area contributed by atoms with Crippen LogP contribution in [0.25, 0.3) is 0 Å². The average Bonchev–Trinajstić information content (AvgIpc) is 3.62. The number of nitrogens with one attached hydrogen (secondary N) is 4. The maximum Gasteiger partial charge on any atom is 0.294 e. The lowest BCUT2D eigenvalue weighted by molar-refractivity contribution is -0.143. The van der Waals surface area contributed by atoms with Crippen molar-refractivity contribution in [3.8, 4) is 0 Å². The van der Waals surface area contributed by atoms with Gasteiger partial charge in [-0.25, -0.2) is 13.8 Å². The van der Waals surface area contributed by atoms with Crippen LogP contribution in [0.2, 0.25) is 0 Å². The van der Waals surface area contributed by atoms with Crippen LogP contribution >= 0.6 is 0 Å². The van der Waals surface area contributed by atoms with Crippen LogP contribution in [0.1, 0.15) is 77.7 Å². The topological polar surface area (TPSA) is 180 Å². The Kier molecular flexibility index (Phi) is 13.0. The van der Waals surface area contributed by atoms with Crippen molar-refractivity contribution in [3.63, 3.8) is 0 Å². The quantitative estimate of drug-likeness (QED) is 0.172. The van der Waals surface area contributed by atoms with Gasteiger partial charge in [-0.15, -0.1) is 0 Å². The fourth-order valence-corrected chi connectivity index (χ4v) is 5.99. The number of nitrogens with zero attached hydrogens (tertiary/aromatic N) is 3. The number of amides is 5. The molecule has 1 aromatic rings. The van der Waals surface area contributed by atoms with Gasteiger partial charge in [0, 0.05) is 31.1 Å². The maximum atomic E-state index is 14.1. The molecule has 1 aliphatic carbocycles. The van der Waals surface area contributed by atoms with E-state index < -0.39 is 77.5 Å². The number of carbonyl (C=O) groups is 6. The van der Waals surface area contributed by atoms with Gasteiger partial charge in [-0.3, -0.25) is 33.8 Å². The maximum absolute atomic E-state index is 14.1. The molecule has 47 heavy (non-hydrogen) atoms. The zero-order valence-electron chi connectivity index (χ0n) is 27.6. The number of halogens is 2. The van der Waals surface area contributed by atoms with Gasteiger partial charge in [0.2, 0.25) is 17.7 Å². The standard InChI is InChI=1S/C32H45F2N7O6/c1-7-18(6)37-31(46)27(42)21(13-23(33)34)38-30(45)26-20-10-8-9-19(20)15-41(26)32(47)25(17(4)5)40-29(44)24(16(2)3)39-28(43)22-14-35-11-12-36-22/h11-14,16-20,23-26H,7-10,15H2,1-6H3,(H,37,46)(H,38,45)(H,39,43)(H,40,44)/t18?,19?,20?,24-,25-,26-/m0/s1. The van der Waals surface area contributed by atoms with Gasteiger partial charge in [0.25, 0.3) is 24.0 Å². The molecule has 0 spiro atoms. The lowest BCUT2D eigenvalue weighted by atomic mass is 9.93. The van der Waals surface area contributed by atoms with Crippen molar-refractivity contribution in [2.24, 2.45) is 23.7 Å². The van der Waals surface area contributed by atoms with E-state index in [9.17, 15) is 37.5 Å². The second kappa shape index (κ2) is 16.5. The van der Waals surface area contributed by atoms with Gasteiger partial charge < -0.3 is 26.2 Å². The molecule has 2 aliphatic rings. The summed E-state index contributed by atoms with van der Waals surface area (Å²) in [6, 6.07) is -3.68. The van der Waals surface area contributed by atoms with Crippen LogP contribution in [0.5, 0.6) is 0 Å². The third-order valence-corrected chi connectivity index (χ3v) is 8.70. The minimum atomic E-state index is -3.14. The predicted octanol–water partition coefficient (Wildman–Crippen LogP) is 1.75. The first-order chi connectivity index (χ1) is 22.2. The van der Waals surface area contributed by atoms with Crippen LogP contribution in [-0.2, 0) is 24.0 Å². The van der Waals surface area contributed by atoms with Crippen LogP contribution in [0, 0.1) is 23.7 Å². The number of rotatable bonds is 14. The summed E-state index contributed by atoms with van der Waals surface area (Å²) in [7, 11) is 0. The highest BCUT2D eigenvalue weighted by Crippen LogP contribution is 2.42. The van der Waals surface area contributed by atoms with Crippen molar-refractivity contribution in [1.29, 1.82) is 0 Å². The molecule has 4 N–H and O–H groups in total. The molecule has 0 aromatic carbocycles. The van der Waals surface area contributed by atoms with E-state index in [4.69, 9.17) is 0 Å². The molecule has 1 aromatic heterocycles. The van der Waals surface area contributed by atoms with Crippen molar-refractivity contribution in [3.05, 3.63) is 36.1 Å². The molecule has 2 fully saturated rings. The SMILES string of the molecule is CCC(C)NC(=O)C(=O)C(=CC(F)F)NC(=O)[C@@H]1C2CCCC2CN1C(=O)[C@@H](NC(=O)[C@@H](NC(=O)c1cnccn1)C(C)C)C(C)C. The van der Waals surface area contributed by atoms with Crippen molar-refractivity contribution in [2.75, 3.05) is 6.54 Å².